The minimum Gasteiger partial charge on any atom is -0.516 e. The summed E-state index contributed by atoms with van der Waals surface area (Å²) in [4.78, 5) is 0. The molecule has 0 aromatic carbocycles. The summed E-state index contributed by atoms with van der Waals surface area (Å²) in [6.45, 7) is 11.9. The van der Waals surface area contributed by atoms with Crippen LogP contribution >= 0.6 is 0 Å². The third kappa shape index (κ3) is 7.76. The van der Waals surface area contributed by atoms with E-state index in [9.17, 15) is 10.2 Å². The van der Waals surface area contributed by atoms with E-state index in [2.05, 4.69) is 32.6 Å². The van der Waals surface area contributed by atoms with Crippen molar-refractivity contribution in [3.8, 4) is 0 Å². The molecule has 5 atom stereocenters. The Hall–Kier alpha value is -1.06. The third-order valence-electron chi connectivity index (χ3n) is 8.49. The van der Waals surface area contributed by atoms with Gasteiger partial charge < -0.3 is 15.3 Å². The minimum absolute atomic E-state index is 0.117. The molecule has 3 fully saturated rings. The average Bonchev–Trinajstić information content (AvgIpc) is 2.95. The van der Waals surface area contributed by atoms with Gasteiger partial charge in [0.1, 0.15) is 0 Å². The highest BCUT2D eigenvalue weighted by Crippen LogP contribution is 2.58. The molecule has 4 unspecified atom stereocenters. The van der Waals surface area contributed by atoms with Crippen LogP contribution in [0.2, 0.25) is 0 Å². The molecule has 184 valence electrons. The van der Waals surface area contributed by atoms with Gasteiger partial charge in [0.2, 0.25) is 0 Å². The third-order valence-corrected chi connectivity index (χ3v) is 8.49. The Morgan fingerprint density at radius 2 is 1.84 bits per heavy atom. The maximum atomic E-state index is 10.1. The van der Waals surface area contributed by atoms with Crippen LogP contribution in [0.15, 0.2) is 36.1 Å². The van der Waals surface area contributed by atoms with Gasteiger partial charge in [-0.3, -0.25) is 0 Å². The smallest absolute Gasteiger partial charge is 0.0719 e. The Balaban J connectivity index is 0.00000114. The molecule has 32 heavy (non-hydrogen) atoms. The quantitative estimate of drug-likeness (QED) is 0.367. The molecule has 3 N–H and O–H groups in total. The molecule has 3 aliphatic carbocycles. The van der Waals surface area contributed by atoms with Crippen molar-refractivity contribution in [3.63, 3.8) is 0 Å². The van der Waals surface area contributed by atoms with Gasteiger partial charge >= 0.3 is 0 Å². The highest BCUT2D eigenvalue weighted by Gasteiger charge is 2.49. The number of allylic oxidation sites excluding steroid dienone is 3. The Morgan fingerprint density at radius 1 is 1.12 bits per heavy atom. The molecule has 0 spiro atoms. The molecule has 3 saturated carbocycles. The normalized spacial score (nSPS) is 34.4. The fourth-order valence-corrected chi connectivity index (χ4v) is 6.88. The highest BCUT2D eigenvalue weighted by atomic mass is 16.3. The second-order valence-electron chi connectivity index (χ2n) is 11.6. The SMILES string of the molecule is C=CO.C[C@H](CCCC(C)(C)O)C1CCC2/C(=C/C=C3/CCCC(O)C3)CCCCC21C. The van der Waals surface area contributed by atoms with Crippen molar-refractivity contribution in [2.45, 2.75) is 123 Å². The Bertz CT molecular complexity index is 641. The lowest BCUT2D eigenvalue weighted by Crippen LogP contribution is -2.32. The van der Waals surface area contributed by atoms with Crippen LogP contribution in [0.3, 0.4) is 0 Å². The summed E-state index contributed by atoms with van der Waals surface area (Å²) >= 11 is 0. The van der Waals surface area contributed by atoms with Gasteiger partial charge in [-0.1, -0.05) is 63.0 Å². The molecule has 0 amide bonds. The molecule has 0 aromatic heterocycles. The average molecular weight is 447 g/mol. The van der Waals surface area contributed by atoms with Crippen molar-refractivity contribution in [1.29, 1.82) is 0 Å². The zero-order valence-corrected chi connectivity index (χ0v) is 21.3. The Morgan fingerprint density at radius 3 is 2.50 bits per heavy atom. The van der Waals surface area contributed by atoms with Crippen LogP contribution in [0.4, 0.5) is 0 Å². The standard InChI is InChI=1S/C27H46O2.C2H4O/c1-20(9-8-17-26(2,3)29)24-15-16-25-22(11-5-6-18-27(24,25)4)14-13-21-10-7-12-23(28)19-21;1-2-3/h13-14,20,23-25,28-29H,5-12,15-19H2,1-4H3;2-3H,1H2/b21-13-,22-14+;/t20-,23?,24?,25?,27?;/m1./s1. The molecule has 0 radical (unpaired) electrons. The van der Waals surface area contributed by atoms with Gasteiger partial charge in [0.25, 0.3) is 0 Å². The highest BCUT2D eigenvalue weighted by molar-refractivity contribution is 5.25. The number of aliphatic hydroxyl groups is 3. The van der Waals surface area contributed by atoms with Crippen LogP contribution in [-0.2, 0) is 0 Å². The fourth-order valence-electron chi connectivity index (χ4n) is 6.88. The van der Waals surface area contributed by atoms with Gasteiger partial charge in [-0.15, -0.1) is 0 Å². The maximum absolute atomic E-state index is 10.1. The molecule has 3 aliphatic rings. The second kappa shape index (κ2) is 12.4. The number of hydrogen-bond acceptors (Lipinski definition) is 3. The molecule has 0 saturated heterocycles. The number of hydrogen-bond donors (Lipinski definition) is 3. The summed E-state index contributed by atoms with van der Waals surface area (Å²) in [7, 11) is 0. The van der Waals surface area contributed by atoms with Crippen LogP contribution in [0.25, 0.3) is 0 Å². The van der Waals surface area contributed by atoms with E-state index in [0.29, 0.717) is 5.41 Å². The van der Waals surface area contributed by atoms with E-state index in [-0.39, 0.29) is 6.10 Å². The van der Waals surface area contributed by atoms with Gasteiger partial charge in [0, 0.05) is 0 Å². The topological polar surface area (TPSA) is 60.7 Å². The summed E-state index contributed by atoms with van der Waals surface area (Å²) in [6.07, 6.45) is 21.0. The maximum Gasteiger partial charge on any atom is 0.0719 e. The van der Waals surface area contributed by atoms with E-state index in [4.69, 9.17) is 5.11 Å². The lowest BCUT2D eigenvalue weighted by molar-refractivity contribution is 0.0619. The van der Waals surface area contributed by atoms with Crippen molar-refractivity contribution in [2.75, 3.05) is 0 Å². The van der Waals surface area contributed by atoms with Gasteiger partial charge in [0.05, 0.1) is 18.0 Å². The molecular formula is C29H50O3. The molecular weight excluding hydrogens is 396 g/mol. The van der Waals surface area contributed by atoms with E-state index < -0.39 is 5.60 Å². The first-order chi connectivity index (χ1) is 15.1. The molecule has 3 rings (SSSR count). The monoisotopic (exact) mass is 446 g/mol. The zero-order chi connectivity index (χ0) is 23.8. The molecule has 3 heteroatoms. The summed E-state index contributed by atoms with van der Waals surface area (Å²) in [5, 5.41) is 27.4. The number of fused-ring (bicyclic) bond motifs is 1. The van der Waals surface area contributed by atoms with Crippen LogP contribution in [0, 0.1) is 23.2 Å². The predicted molar refractivity (Wildman–Crippen MR) is 136 cm³/mol. The van der Waals surface area contributed by atoms with E-state index >= 15 is 0 Å². The minimum atomic E-state index is -0.528. The largest absolute Gasteiger partial charge is 0.516 e. The molecule has 0 aromatic rings. The van der Waals surface area contributed by atoms with Gasteiger partial charge in [-0.2, -0.15) is 0 Å². The van der Waals surface area contributed by atoms with E-state index in [0.717, 1.165) is 56.1 Å². The molecule has 0 heterocycles. The first-order valence-electron chi connectivity index (χ1n) is 13.1. The van der Waals surface area contributed by atoms with Gasteiger partial charge in [-0.25, -0.2) is 0 Å². The van der Waals surface area contributed by atoms with Crippen molar-refractivity contribution in [3.05, 3.63) is 36.1 Å². The van der Waals surface area contributed by atoms with Crippen LogP contribution in [-0.4, -0.2) is 27.0 Å². The summed E-state index contributed by atoms with van der Waals surface area (Å²) < 4.78 is 0. The van der Waals surface area contributed by atoms with Crippen molar-refractivity contribution in [1.82, 2.24) is 0 Å². The molecule has 3 nitrogen and oxygen atoms in total. The molecule has 0 aliphatic heterocycles. The van der Waals surface area contributed by atoms with Crippen molar-refractivity contribution >= 4 is 0 Å². The molecule has 0 bridgehead atoms. The first-order valence-corrected chi connectivity index (χ1v) is 13.1. The first kappa shape index (κ1) is 27.2. The lowest BCUT2D eigenvalue weighted by atomic mass is 9.65. The van der Waals surface area contributed by atoms with Crippen LogP contribution in [0.1, 0.15) is 111 Å². The van der Waals surface area contributed by atoms with Crippen LogP contribution in [0.5, 0.6) is 0 Å². The van der Waals surface area contributed by atoms with E-state index in [1.165, 1.54) is 56.9 Å². The van der Waals surface area contributed by atoms with E-state index in [1.807, 2.05) is 13.8 Å². The fraction of sp³-hybridized carbons (Fsp3) is 0.793. The number of aliphatic hydroxyl groups excluding tert-OH is 2. The van der Waals surface area contributed by atoms with Crippen molar-refractivity contribution in [2.24, 2.45) is 23.2 Å². The van der Waals surface area contributed by atoms with E-state index in [1.54, 1.807) is 5.57 Å². The summed E-state index contributed by atoms with van der Waals surface area (Å²) in [5.41, 5.74) is 3.07. The van der Waals surface area contributed by atoms with Crippen LogP contribution < -0.4 is 0 Å². The summed E-state index contributed by atoms with van der Waals surface area (Å²) in [5.74, 6) is 2.32. The Kier molecular flexibility index (Phi) is 10.5. The summed E-state index contributed by atoms with van der Waals surface area (Å²) in [6, 6.07) is 0. The van der Waals surface area contributed by atoms with Gasteiger partial charge in [-0.05, 0) is 101 Å². The van der Waals surface area contributed by atoms with Crippen molar-refractivity contribution < 1.29 is 15.3 Å². The lowest BCUT2D eigenvalue weighted by Gasteiger charge is -2.40. The van der Waals surface area contributed by atoms with Gasteiger partial charge in [0.15, 0.2) is 0 Å². The Labute approximate surface area is 197 Å². The number of rotatable bonds is 6. The predicted octanol–water partition coefficient (Wildman–Crippen LogP) is 7.65. The zero-order valence-electron chi connectivity index (χ0n) is 21.3. The second-order valence-corrected chi connectivity index (χ2v) is 11.6.